The van der Waals surface area contributed by atoms with Gasteiger partial charge < -0.3 is 10.0 Å². The summed E-state index contributed by atoms with van der Waals surface area (Å²) in [4.78, 5) is 12.6. The van der Waals surface area contributed by atoms with Crippen LogP contribution in [0.4, 0.5) is 0 Å². The summed E-state index contributed by atoms with van der Waals surface area (Å²) in [5, 5.41) is 8.52. The van der Waals surface area contributed by atoms with Crippen molar-refractivity contribution >= 4 is 16.0 Å². The SMILES string of the molecule is CN1CCC(CN(C)S(=O)(=O)CCCC(=O)O)CC1. The van der Waals surface area contributed by atoms with Crippen LogP contribution >= 0.6 is 0 Å². The zero-order chi connectivity index (χ0) is 14.5. The van der Waals surface area contributed by atoms with Gasteiger partial charge in [-0.1, -0.05) is 0 Å². The topological polar surface area (TPSA) is 77.9 Å². The van der Waals surface area contributed by atoms with Crippen molar-refractivity contribution in [1.82, 2.24) is 9.21 Å². The van der Waals surface area contributed by atoms with Crippen LogP contribution < -0.4 is 0 Å². The summed E-state index contributed by atoms with van der Waals surface area (Å²) in [6, 6.07) is 0. The fraction of sp³-hybridized carbons (Fsp3) is 0.917. The second-order valence-corrected chi connectivity index (χ2v) is 7.54. The summed E-state index contributed by atoms with van der Waals surface area (Å²) in [7, 11) is 0.351. The highest BCUT2D eigenvalue weighted by Crippen LogP contribution is 2.18. The molecule has 6 nitrogen and oxygen atoms in total. The molecule has 19 heavy (non-hydrogen) atoms. The van der Waals surface area contributed by atoms with Crippen LogP contribution in [0.15, 0.2) is 0 Å². The fourth-order valence-corrected chi connectivity index (χ4v) is 3.54. The molecule has 1 fully saturated rings. The highest BCUT2D eigenvalue weighted by molar-refractivity contribution is 7.89. The molecule has 1 rings (SSSR count). The molecule has 0 atom stereocenters. The van der Waals surface area contributed by atoms with Crippen molar-refractivity contribution < 1.29 is 18.3 Å². The molecule has 0 spiro atoms. The first kappa shape index (κ1) is 16.4. The maximum absolute atomic E-state index is 12.0. The Morgan fingerprint density at radius 1 is 1.37 bits per heavy atom. The molecular formula is C12H24N2O4S. The molecule has 0 aromatic rings. The van der Waals surface area contributed by atoms with Gasteiger partial charge in [-0.15, -0.1) is 0 Å². The second kappa shape index (κ2) is 7.21. The molecule has 1 aliphatic rings. The van der Waals surface area contributed by atoms with E-state index < -0.39 is 16.0 Å². The number of piperidine rings is 1. The molecule has 0 aliphatic carbocycles. The van der Waals surface area contributed by atoms with Crippen LogP contribution in [0.25, 0.3) is 0 Å². The summed E-state index contributed by atoms with van der Waals surface area (Å²) in [6.07, 6.45) is 2.12. The van der Waals surface area contributed by atoms with Crippen molar-refractivity contribution in [2.24, 2.45) is 5.92 Å². The first-order chi connectivity index (χ1) is 8.81. The number of hydrogen-bond donors (Lipinski definition) is 1. The maximum Gasteiger partial charge on any atom is 0.303 e. The van der Waals surface area contributed by atoms with E-state index in [1.54, 1.807) is 7.05 Å². The van der Waals surface area contributed by atoms with E-state index in [1.165, 1.54) is 4.31 Å². The number of nitrogens with zero attached hydrogens (tertiary/aromatic N) is 2. The average molecular weight is 292 g/mol. The molecule has 0 amide bonds. The lowest BCUT2D eigenvalue weighted by molar-refractivity contribution is -0.137. The summed E-state index contributed by atoms with van der Waals surface area (Å²) >= 11 is 0. The van der Waals surface area contributed by atoms with Crippen molar-refractivity contribution in [3.05, 3.63) is 0 Å². The van der Waals surface area contributed by atoms with E-state index in [1.807, 2.05) is 0 Å². The number of likely N-dealkylation sites (tertiary alicyclic amines) is 1. The lowest BCUT2D eigenvalue weighted by Crippen LogP contribution is -2.38. The van der Waals surface area contributed by atoms with E-state index >= 15 is 0 Å². The van der Waals surface area contributed by atoms with Gasteiger partial charge in [0.15, 0.2) is 0 Å². The third-order valence-corrected chi connectivity index (χ3v) is 5.52. The van der Waals surface area contributed by atoms with Gasteiger partial charge in [-0.05, 0) is 45.3 Å². The summed E-state index contributed by atoms with van der Waals surface area (Å²) in [5.74, 6) is -0.619. The third kappa shape index (κ3) is 5.88. The minimum atomic E-state index is -3.31. The minimum Gasteiger partial charge on any atom is -0.481 e. The molecule has 1 saturated heterocycles. The van der Waals surface area contributed by atoms with Crippen LogP contribution in [0.1, 0.15) is 25.7 Å². The molecule has 1 N–H and O–H groups in total. The Hall–Kier alpha value is -0.660. The molecule has 0 radical (unpaired) electrons. The fourth-order valence-electron chi connectivity index (χ4n) is 2.28. The van der Waals surface area contributed by atoms with Gasteiger partial charge in [0.2, 0.25) is 10.0 Å². The van der Waals surface area contributed by atoms with E-state index in [-0.39, 0.29) is 18.6 Å². The number of aliphatic carboxylic acids is 1. The smallest absolute Gasteiger partial charge is 0.303 e. The predicted octanol–water partition coefficient (Wildman–Crippen LogP) is 0.455. The summed E-state index contributed by atoms with van der Waals surface area (Å²) < 4.78 is 25.3. The van der Waals surface area contributed by atoms with E-state index in [0.717, 1.165) is 25.9 Å². The van der Waals surface area contributed by atoms with Crippen molar-refractivity contribution in [2.45, 2.75) is 25.7 Å². The second-order valence-electron chi connectivity index (χ2n) is 5.34. The Morgan fingerprint density at radius 2 is 1.95 bits per heavy atom. The Balaban J connectivity index is 2.38. The van der Waals surface area contributed by atoms with E-state index in [0.29, 0.717) is 12.5 Å². The quantitative estimate of drug-likeness (QED) is 0.737. The maximum atomic E-state index is 12.0. The van der Waals surface area contributed by atoms with Crippen LogP contribution in [0.5, 0.6) is 0 Å². The van der Waals surface area contributed by atoms with Crippen LogP contribution in [0.3, 0.4) is 0 Å². The molecule has 0 unspecified atom stereocenters. The van der Waals surface area contributed by atoms with E-state index in [2.05, 4.69) is 11.9 Å². The Morgan fingerprint density at radius 3 is 2.47 bits per heavy atom. The largest absolute Gasteiger partial charge is 0.481 e. The number of carboxylic acids is 1. The van der Waals surface area contributed by atoms with Crippen molar-refractivity contribution in [1.29, 1.82) is 0 Å². The zero-order valence-corrected chi connectivity index (χ0v) is 12.5. The summed E-state index contributed by atoms with van der Waals surface area (Å²) in [5.41, 5.74) is 0. The van der Waals surface area contributed by atoms with Gasteiger partial charge in [-0.2, -0.15) is 0 Å². The number of hydrogen-bond acceptors (Lipinski definition) is 4. The predicted molar refractivity (Wildman–Crippen MR) is 73.5 cm³/mol. The number of carboxylic acid groups (broad SMARTS) is 1. The zero-order valence-electron chi connectivity index (χ0n) is 11.7. The highest BCUT2D eigenvalue weighted by Gasteiger charge is 2.24. The van der Waals surface area contributed by atoms with Gasteiger partial charge in [0.1, 0.15) is 0 Å². The molecule has 0 saturated carbocycles. The Bertz CT molecular complexity index is 389. The van der Waals surface area contributed by atoms with Crippen molar-refractivity contribution in [2.75, 3.05) is 39.5 Å². The van der Waals surface area contributed by atoms with Gasteiger partial charge in [-0.3, -0.25) is 4.79 Å². The van der Waals surface area contributed by atoms with Crippen LogP contribution in [0, 0.1) is 5.92 Å². The average Bonchev–Trinajstić information content (AvgIpc) is 2.31. The number of sulfonamides is 1. The molecule has 112 valence electrons. The molecular weight excluding hydrogens is 268 g/mol. The van der Waals surface area contributed by atoms with E-state index in [9.17, 15) is 13.2 Å². The first-order valence-electron chi connectivity index (χ1n) is 6.65. The van der Waals surface area contributed by atoms with Gasteiger partial charge in [0.05, 0.1) is 5.75 Å². The number of rotatable bonds is 7. The standard InChI is InChI=1S/C12H24N2O4S/c1-13-7-5-11(6-8-13)10-14(2)19(17,18)9-3-4-12(15)16/h11H,3-10H2,1-2H3,(H,15,16). The van der Waals surface area contributed by atoms with E-state index in [4.69, 9.17) is 5.11 Å². The number of carbonyl (C=O) groups is 1. The van der Waals surface area contributed by atoms with Gasteiger partial charge in [0, 0.05) is 20.0 Å². The van der Waals surface area contributed by atoms with Crippen LogP contribution in [-0.2, 0) is 14.8 Å². The van der Waals surface area contributed by atoms with Gasteiger partial charge >= 0.3 is 5.97 Å². The highest BCUT2D eigenvalue weighted by atomic mass is 32.2. The normalized spacial score (nSPS) is 18.9. The van der Waals surface area contributed by atoms with Crippen molar-refractivity contribution in [3.8, 4) is 0 Å². The van der Waals surface area contributed by atoms with Gasteiger partial charge in [0.25, 0.3) is 0 Å². The molecule has 1 heterocycles. The summed E-state index contributed by atoms with van der Waals surface area (Å²) in [6.45, 7) is 2.57. The van der Waals surface area contributed by atoms with Crippen LogP contribution in [-0.4, -0.2) is 68.2 Å². The minimum absolute atomic E-state index is 0.0809. The van der Waals surface area contributed by atoms with Crippen LogP contribution in [0.2, 0.25) is 0 Å². The first-order valence-corrected chi connectivity index (χ1v) is 8.26. The lowest BCUT2D eigenvalue weighted by Gasteiger charge is -2.31. The molecule has 0 aromatic carbocycles. The molecule has 7 heteroatoms. The monoisotopic (exact) mass is 292 g/mol. The molecule has 0 bridgehead atoms. The van der Waals surface area contributed by atoms with Gasteiger partial charge in [-0.25, -0.2) is 12.7 Å². The Kier molecular flexibility index (Phi) is 6.22. The Labute approximate surface area is 115 Å². The molecule has 0 aromatic heterocycles. The lowest BCUT2D eigenvalue weighted by atomic mass is 9.97. The van der Waals surface area contributed by atoms with Crippen molar-refractivity contribution in [3.63, 3.8) is 0 Å². The third-order valence-electron chi connectivity index (χ3n) is 3.62. The molecule has 1 aliphatic heterocycles.